The van der Waals surface area contributed by atoms with Crippen molar-refractivity contribution in [3.05, 3.63) is 29.3 Å². The Morgan fingerprint density at radius 1 is 1.42 bits per heavy atom. The summed E-state index contributed by atoms with van der Waals surface area (Å²) in [5, 5.41) is 6.96. The molecule has 19 heavy (non-hydrogen) atoms. The molecule has 2 aliphatic heterocycles. The largest absolute Gasteiger partial charge is 0.322 e. The van der Waals surface area contributed by atoms with E-state index in [-0.39, 0.29) is 6.03 Å². The third-order valence-electron chi connectivity index (χ3n) is 4.02. The van der Waals surface area contributed by atoms with Crippen LogP contribution >= 0.6 is 11.6 Å². The van der Waals surface area contributed by atoms with Gasteiger partial charge in [0, 0.05) is 36.4 Å². The number of anilines is 1. The molecule has 0 radical (unpaired) electrons. The molecule has 5 heteroatoms. The second-order valence-electron chi connectivity index (χ2n) is 5.26. The maximum absolute atomic E-state index is 12.4. The van der Waals surface area contributed by atoms with Crippen LogP contribution in [0.4, 0.5) is 10.5 Å². The van der Waals surface area contributed by atoms with Crippen molar-refractivity contribution in [2.24, 2.45) is 5.92 Å². The number of hydrogen-bond donors (Lipinski definition) is 2. The van der Waals surface area contributed by atoms with Crippen molar-refractivity contribution in [2.45, 2.75) is 18.9 Å². The SMILES string of the molecule is O=C(Nc1cccc(Cl)c1)N1CCCC2CNCC21. The zero-order chi connectivity index (χ0) is 13.2. The highest BCUT2D eigenvalue weighted by Crippen LogP contribution is 2.27. The van der Waals surface area contributed by atoms with E-state index < -0.39 is 0 Å². The van der Waals surface area contributed by atoms with Crippen molar-refractivity contribution >= 4 is 23.3 Å². The van der Waals surface area contributed by atoms with Gasteiger partial charge in [-0.15, -0.1) is 0 Å². The molecule has 2 atom stereocenters. The number of likely N-dealkylation sites (tertiary alicyclic amines) is 1. The number of nitrogens with one attached hydrogen (secondary N) is 2. The molecule has 0 aromatic heterocycles. The maximum atomic E-state index is 12.4. The molecule has 2 saturated heterocycles. The summed E-state index contributed by atoms with van der Waals surface area (Å²) in [6.45, 7) is 2.79. The van der Waals surface area contributed by atoms with Gasteiger partial charge in [0.25, 0.3) is 0 Å². The van der Waals surface area contributed by atoms with Gasteiger partial charge < -0.3 is 15.5 Å². The Hall–Kier alpha value is -1.26. The summed E-state index contributed by atoms with van der Waals surface area (Å²) in [5.41, 5.74) is 0.755. The third kappa shape index (κ3) is 2.69. The minimum absolute atomic E-state index is 0.0133. The van der Waals surface area contributed by atoms with Gasteiger partial charge in [-0.1, -0.05) is 17.7 Å². The highest BCUT2D eigenvalue weighted by atomic mass is 35.5. The molecule has 0 aliphatic carbocycles. The van der Waals surface area contributed by atoms with Crippen LogP contribution in [0.3, 0.4) is 0 Å². The molecule has 1 aromatic rings. The molecular formula is C14H18ClN3O. The van der Waals surface area contributed by atoms with E-state index in [1.807, 2.05) is 17.0 Å². The lowest BCUT2D eigenvalue weighted by Gasteiger charge is -2.36. The minimum atomic E-state index is -0.0133. The molecule has 2 fully saturated rings. The molecule has 0 spiro atoms. The van der Waals surface area contributed by atoms with Crippen LogP contribution in [0, 0.1) is 5.92 Å². The Kier molecular flexibility index (Phi) is 3.62. The van der Waals surface area contributed by atoms with E-state index in [1.54, 1.807) is 12.1 Å². The highest BCUT2D eigenvalue weighted by Gasteiger charge is 2.37. The fourth-order valence-electron chi connectivity index (χ4n) is 3.08. The van der Waals surface area contributed by atoms with E-state index >= 15 is 0 Å². The molecule has 2 amide bonds. The first-order valence-electron chi connectivity index (χ1n) is 6.78. The predicted octanol–water partition coefficient (Wildman–Crippen LogP) is 2.56. The van der Waals surface area contributed by atoms with Crippen LogP contribution in [0.2, 0.25) is 5.02 Å². The first-order valence-corrected chi connectivity index (χ1v) is 7.16. The summed E-state index contributed by atoms with van der Waals surface area (Å²) < 4.78 is 0. The normalized spacial score (nSPS) is 26.1. The first kappa shape index (κ1) is 12.8. The van der Waals surface area contributed by atoms with Crippen molar-refractivity contribution in [1.29, 1.82) is 0 Å². The van der Waals surface area contributed by atoms with Crippen molar-refractivity contribution < 1.29 is 4.79 Å². The summed E-state index contributed by atoms with van der Waals surface area (Å²) in [6, 6.07) is 7.60. The molecule has 4 nitrogen and oxygen atoms in total. The molecular weight excluding hydrogens is 262 g/mol. The summed E-state index contributed by atoms with van der Waals surface area (Å²) in [4.78, 5) is 14.3. The van der Waals surface area contributed by atoms with Gasteiger partial charge in [-0.2, -0.15) is 0 Å². The summed E-state index contributed by atoms with van der Waals surface area (Å²) in [7, 11) is 0. The Morgan fingerprint density at radius 2 is 2.32 bits per heavy atom. The number of halogens is 1. The number of rotatable bonds is 1. The van der Waals surface area contributed by atoms with Gasteiger partial charge in [-0.05, 0) is 37.0 Å². The Bertz CT molecular complexity index is 480. The van der Waals surface area contributed by atoms with Gasteiger partial charge in [0.2, 0.25) is 0 Å². The van der Waals surface area contributed by atoms with Crippen LogP contribution in [-0.4, -0.2) is 36.6 Å². The number of amides is 2. The van der Waals surface area contributed by atoms with Crippen molar-refractivity contribution in [1.82, 2.24) is 10.2 Å². The van der Waals surface area contributed by atoms with Crippen molar-refractivity contribution in [2.75, 3.05) is 25.0 Å². The van der Waals surface area contributed by atoms with E-state index in [0.717, 1.165) is 31.7 Å². The molecule has 2 heterocycles. The van der Waals surface area contributed by atoms with Gasteiger partial charge >= 0.3 is 6.03 Å². The fraction of sp³-hybridized carbons (Fsp3) is 0.500. The standard InChI is InChI=1S/C14H18ClN3O/c15-11-4-1-5-12(7-11)17-14(19)18-6-2-3-10-8-16-9-13(10)18/h1,4-5,7,10,13,16H,2-3,6,8-9H2,(H,17,19). The van der Waals surface area contributed by atoms with Crippen LogP contribution in [0.25, 0.3) is 0 Å². The lowest BCUT2D eigenvalue weighted by molar-refractivity contribution is 0.147. The van der Waals surface area contributed by atoms with Gasteiger partial charge in [0.05, 0.1) is 0 Å². The number of nitrogens with zero attached hydrogens (tertiary/aromatic N) is 1. The average molecular weight is 280 g/mol. The molecule has 2 N–H and O–H groups in total. The number of carbonyl (C=O) groups excluding carboxylic acids is 1. The zero-order valence-corrected chi connectivity index (χ0v) is 11.5. The van der Waals surface area contributed by atoms with Crippen LogP contribution in [0.5, 0.6) is 0 Å². The van der Waals surface area contributed by atoms with E-state index in [1.165, 1.54) is 6.42 Å². The monoisotopic (exact) mass is 279 g/mol. The van der Waals surface area contributed by atoms with Crippen molar-refractivity contribution in [3.63, 3.8) is 0 Å². The molecule has 0 saturated carbocycles. The third-order valence-corrected chi connectivity index (χ3v) is 4.25. The number of fused-ring (bicyclic) bond motifs is 1. The van der Waals surface area contributed by atoms with E-state index in [4.69, 9.17) is 11.6 Å². The van der Waals surface area contributed by atoms with Gasteiger partial charge in [-0.3, -0.25) is 0 Å². The Labute approximate surface area is 118 Å². The predicted molar refractivity (Wildman–Crippen MR) is 76.6 cm³/mol. The van der Waals surface area contributed by atoms with E-state index in [0.29, 0.717) is 17.0 Å². The summed E-state index contributed by atoms with van der Waals surface area (Å²) >= 11 is 5.93. The quantitative estimate of drug-likeness (QED) is 0.830. The summed E-state index contributed by atoms with van der Waals surface area (Å²) in [5.74, 6) is 0.610. The lowest BCUT2D eigenvalue weighted by atomic mass is 9.92. The molecule has 102 valence electrons. The van der Waals surface area contributed by atoms with E-state index in [9.17, 15) is 4.79 Å². The maximum Gasteiger partial charge on any atom is 0.322 e. The summed E-state index contributed by atoms with van der Waals surface area (Å²) in [6.07, 6.45) is 2.31. The van der Waals surface area contributed by atoms with E-state index in [2.05, 4.69) is 10.6 Å². The van der Waals surface area contributed by atoms with Crippen molar-refractivity contribution in [3.8, 4) is 0 Å². The molecule has 2 aliphatic rings. The van der Waals surface area contributed by atoms with Crippen LogP contribution in [-0.2, 0) is 0 Å². The number of urea groups is 1. The minimum Gasteiger partial charge on any atom is -0.320 e. The van der Waals surface area contributed by atoms with Crippen LogP contribution in [0.1, 0.15) is 12.8 Å². The molecule has 1 aromatic carbocycles. The Morgan fingerprint density at radius 3 is 3.16 bits per heavy atom. The number of piperidine rings is 1. The molecule has 3 rings (SSSR count). The van der Waals surface area contributed by atoms with Gasteiger partial charge in [-0.25, -0.2) is 4.79 Å². The average Bonchev–Trinajstić information content (AvgIpc) is 2.86. The van der Waals surface area contributed by atoms with Gasteiger partial charge in [0.1, 0.15) is 0 Å². The smallest absolute Gasteiger partial charge is 0.320 e. The molecule has 2 unspecified atom stereocenters. The number of hydrogen-bond acceptors (Lipinski definition) is 2. The van der Waals surface area contributed by atoms with Crippen LogP contribution < -0.4 is 10.6 Å². The number of carbonyl (C=O) groups is 1. The number of benzene rings is 1. The fourth-order valence-corrected chi connectivity index (χ4v) is 3.27. The van der Waals surface area contributed by atoms with Crippen LogP contribution in [0.15, 0.2) is 24.3 Å². The topological polar surface area (TPSA) is 44.4 Å². The second-order valence-corrected chi connectivity index (χ2v) is 5.70. The molecule has 0 bridgehead atoms. The van der Waals surface area contributed by atoms with Gasteiger partial charge in [0.15, 0.2) is 0 Å². The lowest BCUT2D eigenvalue weighted by Crippen LogP contribution is -2.50. The Balaban J connectivity index is 1.69. The first-order chi connectivity index (χ1) is 9.24. The zero-order valence-electron chi connectivity index (χ0n) is 10.7. The second kappa shape index (κ2) is 5.39. The highest BCUT2D eigenvalue weighted by molar-refractivity contribution is 6.30.